The van der Waals surface area contributed by atoms with Crippen molar-refractivity contribution in [2.45, 2.75) is 32.9 Å². The largest absolute Gasteiger partial charge is 0.358 e. The van der Waals surface area contributed by atoms with Crippen LogP contribution >= 0.6 is 11.6 Å². The van der Waals surface area contributed by atoms with E-state index in [2.05, 4.69) is 10.6 Å². The molecule has 0 saturated carbocycles. The maximum absolute atomic E-state index is 11.8. The number of hydrogen-bond acceptors (Lipinski definition) is 4. The molecule has 0 fully saturated rings. The summed E-state index contributed by atoms with van der Waals surface area (Å²) in [6, 6.07) is 3.92. The maximum atomic E-state index is 11.8. The van der Waals surface area contributed by atoms with Crippen LogP contribution in [0.1, 0.15) is 25.8 Å². The summed E-state index contributed by atoms with van der Waals surface area (Å²) in [7, 11) is 1.58. The SMILES string of the molecule is CNC(=O)C(CC(C)C)NCc1cc([N+](=O)[O-])ccc1Cl. The third-order valence-corrected chi connectivity index (χ3v) is 3.42. The van der Waals surface area contributed by atoms with Gasteiger partial charge < -0.3 is 10.6 Å². The molecule has 21 heavy (non-hydrogen) atoms. The number of nitrogens with one attached hydrogen (secondary N) is 2. The average molecular weight is 314 g/mol. The van der Waals surface area contributed by atoms with Gasteiger partial charge >= 0.3 is 0 Å². The first-order valence-electron chi connectivity index (χ1n) is 6.73. The lowest BCUT2D eigenvalue weighted by atomic mass is 10.0. The summed E-state index contributed by atoms with van der Waals surface area (Å²) in [5, 5.41) is 16.9. The average Bonchev–Trinajstić information content (AvgIpc) is 2.43. The Labute approximate surface area is 129 Å². The van der Waals surface area contributed by atoms with Crippen LogP contribution in [0.5, 0.6) is 0 Å². The van der Waals surface area contributed by atoms with E-state index < -0.39 is 4.92 Å². The molecule has 1 unspecified atom stereocenters. The number of nitro benzene ring substituents is 1. The number of hydrogen-bond donors (Lipinski definition) is 2. The molecular weight excluding hydrogens is 294 g/mol. The minimum absolute atomic E-state index is 0.0171. The Bertz CT molecular complexity index is 520. The lowest BCUT2D eigenvalue weighted by Crippen LogP contribution is -2.43. The van der Waals surface area contributed by atoms with E-state index in [1.54, 1.807) is 7.05 Å². The molecule has 0 aromatic heterocycles. The van der Waals surface area contributed by atoms with Crippen LogP contribution in [0.3, 0.4) is 0 Å². The van der Waals surface area contributed by atoms with Gasteiger partial charge in [0.25, 0.3) is 5.69 Å². The van der Waals surface area contributed by atoms with Gasteiger partial charge in [-0.1, -0.05) is 25.4 Å². The lowest BCUT2D eigenvalue weighted by molar-refractivity contribution is -0.384. The molecule has 2 N–H and O–H groups in total. The summed E-state index contributed by atoms with van der Waals surface area (Å²) in [6.07, 6.45) is 0.673. The molecule has 1 aromatic carbocycles. The van der Waals surface area contributed by atoms with Crippen molar-refractivity contribution < 1.29 is 9.72 Å². The summed E-state index contributed by atoms with van der Waals surface area (Å²) in [6.45, 7) is 4.35. The molecule has 0 heterocycles. The van der Waals surface area contributed by atoms with Crippen LogP contribution in [-0.2, 0) is 11.3 Å². The molecule has 0 aliphatic carbocycles. The first kappa shape index (κ1) is 17.4. The topological polar surface area (TPSA) is 84.3 Å². The number of nitrogens with zero attached hydrogens (tertiary/aromatic N) is 1. The Kier molecular flexibility index (Phi) is 6.58. The van der Waals surface area contributed by atoms with Crippen LogP contribution < -0.4 is 10.6 Å². The quantitative estimate of drug-likeness (QED) is 0.598. The fourth-order valence-corrected chi connectivity index (χ4v) is 2.16. The van der Waals surface area contributed by atoms with Crippen LogP contribution in [0.2, 0.25) is 5.02 Å². The Balaban J connectivity index is 2.81. The summed E-state index contributed by atoms with van der Waals surface area (Å²) < 4.78 is 0. The highest BCUT2D eigenvalue weighted by molar-refractivity contribution is 6.31. The van der Waals surface area contributed by atoms with E-state index in [1.165, 1.54) is 18.2 Å². The normalized spacial score (nSPS) is 12.2. The molecular formula is C14H20ClN3O3. The molecule has 0 saturated heterocycles. The van der Waals surface area contributed by atoms with E-state index in [0.29, 0.717) is 29.5 Å². The van der Waals surface area contributed by atoms with Gasteiger partial charge in [-0.3, -0.25) is 14.9 Å². The number of carbonyl (C=O) groups excluding carboxylic acids is 1. The van der Waals surface area contributed by atoms with Crippen molar-refractivity contribution in [3.8, 4) is 0 Å². The van der Waals surface area contributed by atoms with Crippen LogP contribution in [-0.4, -0.2) is 23.9 Å². The van der Waals surface area contributed by atoms with E-state index >= 15 is 0 Å². The smallest absolute Gasteiger partial charge is 0.269 e. The number of amides is 1. The highest BCUT2D eigenvalue weighted by atomic mass is 35.5. The van der Waals surface area contributed by atoms with E-state index in [4.69, 9.17) is 11.6 Å². The number of carbonyl (C=O) groups is 1. The molecule has 1 atom stereocenters. The molecule has 0 radical (unpaired) electrons. The first-order chi connectivity index (χ1) is 9.85. The van der Waals surface area contributed by atoms with Crippen molar-refractivity contribution in [3.63, 3.8) is 0 Å². The van der Waals surface area contributed by atoms with Gasteiger partial charge in [0, 0.05) is 30.7 Å². The zero-order valence-corrected chi connectivity index (χ0v) is 13.1. The number of non-ortho nitro benzene ring substituents is 1. The van der Waals surface area contributed by atoms with Crippen molar-refractivity contribution in [2.24, 2.45) is 5.92 Å². The third kappa shape index (κ3) is 5.32. The molecule has 0 spiro atoms. The van der Waals surface area contributed by atoms with Crippen molar-refractivity contribution in [2.75, 3.05) is 7.05 Å². The molecule has 1 amide bonds. The van der Waals surface area contributed by atoms with Crippen LogP contribution in [0.25, 0.3) is 0 Å². The van der Waals surface area contributed by atoms with Gasteiger partial charge in [-0.2, -0.15) is 0 Å². The van der Waals surface area contributed by atoms with Crippen molar-refractivity contribution >= 4 is 23.2 Å². The van der Waals surface area contributed by atoms with Gasteiger partial charge in [-0.05, 0) is 24.0 Å². The van der Waals surface area contributed by atoms with Crippen molar-refractivity contribution in [3.05, 3.63) is 38.9 Å². The number of nitro groups is 1. The Hall–Kier alpha value is -1.66. The monoisotopic (exact) mass is 313 g/mol. The van der Waals surface area contributed by atoms with E-state index in [-0.39, 0.29) is 17.6 Å². The molecule has 1 aromatic rings. The predicted octanol–water partition coefficient (Wildman–Crippen LogP) is 2.50. The molecule has 0 bridgehead atoms. The third-order valence-electron chi connectivity index (χ3n) is 3.05. The Morgan fingerprint density at radius 3 is 2.62 bits per heavy atom. The second kappa shape index (κ2) is 7.95. The molecule has 7 heteroatoms. The van der Waals surface area contributed by atoms with Gasteiger partial charge in [0.15, 0.2) is 0 Å². The predicted molar refractivity (Wildman–Crippen MR) is 82.3 cm³/mol. The second-order valence-electron chi connectivity index (χ2n) is 5.21. The number of benzene rings is 1. The second-order valence-corrected chi connectivity index (χ2v) is 5.62. The number of rotatable bonds is 7. The minimum atomic E-state index is -0.468. The highest BCUT2D eigenvalue weighted by Crippen LogP contribution is 2.22. The van der Waals surface area contributed by atoms with E-state index in [1.807, 2.05) is 13.8 Å². The summed E-state index contributed by atoms with van der Waals surface area (Å²) in [4.78, 5) is 22.1. The van der Waals surface area contributed by atoms with Gasteiger partial charge in [0.05, 0.1) is 11.0 Å². The van der Waals surface area contributed by atoms with Crippen molar-refractivity contribution in [1.29, 1.82) is 0 Å². The van der Waals surface area contributed by atoms with Gasteiger partial charge in [-0.25, -0.2) is 0 Å². The standard InChI is InChI=1S/C14H20ClN3O3/c1-9(2)6-13(14(19)16-3)17-8-10-7-11(18(20)21)4-5-12(10)15/h4-5,7,9,13,17H,6,8H2,1-3H3,(H,16,19). The lowest BCUT2D eigenvalue weighted by Gasteiger charge is -2.19. The molecule has 0 aliphatic rings. The van der Waals surface area contributed by atoms with Gasteiger partial charge in [0.2, 0.25) is 5.91 Å². The zero-order chi connectivity index (χ0) is 16.0. The number of halogens is 1. The fraction of sp³-hybridized carbons (Fsp3) is 0.500. The van der Waals surface area contributed by atoms with E-state index in [0.717, 1.165) is 0 Å². The molecule has 6 nitrogen and oxygen atoms in total. The van der Waals surface area contributed by atoms with Crippen molar-refractivity contribution in [1.82, 2.24) is 10.6 Å². The first-order valence-corrected chi connectivity index (χ1v) is 7.10. The van der Waals surface area contributed by atoms with Crippen LogP contribution in [0, 0.1) is 16.0 Å². The van der Waals surface area contributed by atoms with Gasteiger partial charge in [-0.15, -0.1) is 0 Å². The summed E-state index contributed by atoms with van der Waals surface area (Å²) >= 11 is 6.04. The number of likely N-dealkylation sites (N-methyl/N-ethyl adjacent to an activating group) is 1. The zero-order valence-electron chi connectivity index (χ0n) is 12.4. The Morgan fingerprint density at radius 1 is 1.43 bits per heavy atom. The molecule has 0 aliphatic heterocycles. The maximum Gasteiger partial charge on any atom is 0.269 e. The summed E-state index contributed by atoms with van der Waals surface area (Å²) in [5.74, 6) is 0.241. The van der Waals surface area contributed by atoms with Crippen LogP contribution in [0.4, 0.5) is 5.69 Å². The van der Waals surface area contributed by atoms with Gasteiger partial charge in [0.1, 0.15) is 0 Å². The molecule has 1 rings (SSSR count). The minimum Gasteiger partial charge on any atom is -0.358 e. The fourth-order valence-electron chi connectivity index (χ4n) is 1.97. The molecule has 116 valence electrons. The Morgan fingerprint density at radius 2 is 2.10 bits per heavy atom. The van der Waals surface area contributed by atoms with E-state index in [9.17, 15) is 14.9 Å². The highest BCUT2D eigenvalue weighted by Gasteiger charge is 2.19. The van der Waals surface area contributed by atoms with Crippen LogP contribution in [0.15, 0.2) is 18.2 Å². The summed E-state index contributed by atoms with van der Waals surface area (Å²) in [5.41, 5.74) is 0.583.